The van der Waals surface area contributed by atoms with Crippen molar-refractivity contribution in [2.45, 2.75) is 52.3 Å². The van der Waals surface area contributed by atoms with Gasteiger partial charge in [0.2, 0.25) is 5.91 Å². The van der Waals surface area contributed by atoms with Crippen molar-refractivity contribution < 1.29 is 27.9 Å². The molecule has 0 spiro atoms. The fraction of sp³-hybridized carbons (Fsp3) is 0.421. The summed E-state index contributed by atoms with van der Waals surface area (Å²) in [5.74, 6) is -1.36. The average molecular weight is 397 g/mol. The second kappa shape index (κ2) is 8.90. The van der Waals surface area contributed by atoms with E-state index in [-0.39, 0.29) is 24.9 Å². The molecule has 28 heavy (non-hydrogen) atoms. The first-order valence-electron chi connectivity index (χ1n) is 8.80. The van der Waals surface area contributed by atoms with Crippen LogP contribution in [0.4, 0.5) is 13.2 Å². The van der Waals surface area contributed by atoms with E-state index in [1.807, 2.05) is 0 Å². The lowest BCUT2D eigenvalue weighted by molar-refractivity contribution is -0.138. The summed E-state index contributed by atoms with van der Waals surface area (Å²) in [6.45, 7) is 3.25. The average Bonchev–Trinajstić information content (AvgIpc) is 2.94. The zero-order chi connectivity index (χ0) is 20.9. The molecule has 152 valence electrons. The summed E-state index contributed by atoms with van der Waals surface area (Å²) < 4.78 is 41.9. The number of amides is 1. The lowest BCUT2D eigenvalue weighted by Gasteiger charge is -2.16. The zero-order valence-corrected chi connectivity index (χ0v) is 15.6. The second-order valence-electron chi connectivity index (χ2n) is 6.56. The number of carboxylic acid groups (broad SMARTS) is 1. The van der Waals surface area contributed by atoms with Crippen molar-refractivity contribution in [1.82, 2.24) is 15.1 Å². The summed E-state index contributed by atoms with van der Waals surface area (Å²) in [5.41, 5.74) is 0.834. The van der Waals surface area contributed by atoms with Gasteiger partial charge in [0, 0.05) is 25.1 Å². The van der Waals surface area contributed by atoms with Gasteiger partial charge in [-0.2, -0.15) is 18.3 Å². The van der Waals surface area contributed by atoms with E-state index in [0.29, 0.717) is 29.9 Å². The molecule has 0 fully saturated rings. The molecule has 0 aliphatic heterocycles. The zero-order valence-electron chi connectivity index (χ0n) is 15.6. The van der Waals surface area contributed by atoms with Crippen molar-refractivity contribution in [2.24, 2.45) is 0 Å². The van der Waals surface area contributed by atoms with Gasteiger partial charge >= 0.3 is 12.1 Å². The molecule has 0 saturated heterocycles. The molecule has 0 aliphatic carbocycles. The Bertz CT molecular complexity index is 860. The van der Waals surface area contributed by atoms with E-state index in [0.717, 1.165) is 6.07 Å². The lowest BCUT2D eigenvalue weighted by Crippen LogP contribution is -2.24. The van der Waals surface area contributed by atoms with Crippen LogP contribution in [0.15, 0.2) is 24.3 Å². The molecule has 1 amide bonds. The molecule has 2 rings (SSSR count). The quantitative estimate of drug-likeness (QED) is 0.664. The molecule has 0 saturated carbocycles. The van der Waals surface area contributed by atoms with Crippen LogP contribution in [0.5, 0.6) is 0 Å². The summed E-state index contributed by atoms with van der Waals surface area (Å²) >= 11 is 0. The summed E-state index contributed by atoms with van der Waals surface area (Å²) in [6.07, 6.45) is -3.85. The van der Waals surface area contributed by atoms with Gasteiger partial charge in [-0.3, -0.25) is 9.59 Å². The number of alkyl halides is 3. The van der Waals surface area contributed by atoms with E-state index < -0.39 is 23.6 Å². The molecule has 0 aliphatic rings. The highest BCUT2D eigenvalue weighted by molar-refractivity contribution is 5.76. The van der Waals surface area contributed by atoms with Crippen LogP contribution in [-0.4, -0.2) is 26.8 Å². The summed E-state index contributed by atoms with van der Waals surface area (Å²) in [4.78, 5) is 22.2. The predicted octanol–water partition coefficient (Wildman–Crippen LogP) is 3.77. The number of nitrogens with one attached hydrogen (secondary N) is 1. The van der Waals surface area contributed by atoms with Crippen LogP contribution in [0, 0.1) is 13.8 Å². The highest BCUT2D eigenvalue weighted by atomic mass is 19.4. The Balaban J connectivity index is 2.10. The fourth-order valence-corrected chi connectivity index (χ4v) is 2.85. The van der Waals surface area contributed by atoms with Crippen molar-refractivity contribution in [3.05, 3.63) is 46.8 Å². The molecular formula is C19H22F3N3O3. The monoisotopic (exact) mass is 397 g/mol. The van der Waals surface area contributed by atoms with E-state index >= 15 is 0 Å². The first-order valence-corrected chi connectivity index (χ1v) is 8.80. The maximum Gasteiger partial charge on any atom is 0.416 e. The smallest absolute Gasteiger partial charge is 0.416 e. The van der Waals surface area contributed by atoms with Gasteiger partial charge in [-0.1, -0.05) is 6.07 Å². The lowest BCUT2D eigenvalue weighted by atomic mass is 10.1. The van der Waals surface area contributed by atoms with E-state index in [4.69, 9.17) is 5.11 Å². The first kappa shape index (κ1) is 21.5. The molecule has 9 heteroatoms. The number of rotatable bonds is 8. The fourth-order valence-electron chi connectivity index (χ4n) is 2.85. The number of hydrogen-bond donors (Lipinski definition) is 2. The molecule has 1 aromatic heterocycles. The van der Waals surface area contributed by atoms with Crippen LogP contribution >= 0.6 is 0 Å². The molecule has 0 radical (unpaired) electrons. The third-order valence-electron chi connectivity index (χ3n) is 4.17. The predicted molar refractivity (Wildman–Crippen MR) is 96.0 cm³/mol. The van der Waals surface area contributed by atoms with Crippen molar-refractivity contribution >= 4 is 11.9 Å². The third-order valence-corrected chi connectivity index (χ3v) is 4.17. The number of benzene rings is 1. The first-order chi connectivity index (χ1) is 13.1. The number of halogens is 3. The van der Waals surface area contributed by atoms with Gasteiger partial charge < -0.3 is 10.4 Å². The van der Waals surface area contributed by atoms with E-state index in [2.05, 4.69) is 10.4 Å². The Hall–Kier alpha value is -2.84. The molecule has 0 bridgehead atoms. The number of carbonyl (C=O) groups is 2. The van der Waals surface area contributed by atoms with E-state index in [1.165, 1.54) is 16.8 Å². The van der Waals surface area contributed by atoms with Gasteiger partial charge in [0.05, 0.1) is 16.9 Å². The van der Waals surface area contributed by atoms with Crippen LogP contribution in [0.3, 0.4) is 0 Å². The van der Waals surface area contributed by atoms with Crippen molar-refractivity contribution in [3.63, 3.8) is 0 Å². The second-order valence-corrected chi connectivity index (χ2v) is 6.56. The normalized spacial score (nSPS) is 11.5. The number of aromatic nitrogens is 2. The molecule has 0 unspecified atom stereocenters. The van der Waals surface area contributed by atoms with Gasteiger partial charge in [0.1, 0.15) is 0 Å². The number of aryl methyl sites for hydroxylation is 2. The minimum atomic E-state index is -4.58. The van der Waals surface area contributed by atoms with Gasteiger partial charge in [-0.25, -0.2) is 4.68 Å². The minimum Gasteiger partial charge on any atom is -0.481 e. The van der Waals surface area contributed by atoms with Crippen LogP contribution in [0.1, 0.15) is 48.2 Å². The molecule has 0 atom stereocenters. The summed E-state index contributed by atoms with van der Waals surface area (Å²) in [7, 11) is 0. The minimum absolute atomic E-state index is 0.0424. The van der Waals surface area contributed by atoms with Crippen LogP contribution in [-0.2, 0) is 22.3 Å². The number of hydrogen-bond acceptors (Lipinski definition) is 3. The molecule has 6 nitrogen and oxygen atoms in total. The third kappa shape index (κ3) is 5.83. The van der Waals surface area contributed by atoms with Gasteiger partial charge in [-0.15, -0.1) is 0 Å². The van der Waals surface area contributed by atoms with E-state index in [1.54, 1.807) is 19.9 Å². The standard InChI is InChI=1S/C19H22F3N3O3/c1-12-9-13(2)25(24-12)15-8-7-14(16(10-15)19(20,21)22)11-23-17(26)5-3-4-6-18(27)28/h7-10H,3-6,11H2,1-2H3,(H,23,26)(H,27,28). The molecule has 2 N–H and O–H groups in total. The summed E-state index contributed by atoms with van der Waals surface area (Å²) in [5, 5.41) is 15.2. The molecule has 1 aromatic carbocycles. The maximum atomic E-state index is 13.5. The number of aliphatic carboxylic acids is 1. The van der Waals surface area contributed by atoms with Crippen molar-refractivity contribution in [1.29, 1.82) is 0 Å². The number of carbonyl (C=O) groups excluding carboxylic acids is 1. The molecule has 2 aromatic rings. The topological polar surface area (TPSA) is 84.2 Å². The van der Waals surface area contributed by atoms with Gasteiger partial charge in [-0.05, 0) is 50.5 Å². The highest BCUT2D eigenvalue weighted by Gasteiger charge is 2.34. The van der Waals surface area contributed by atoms with Crippen LogP contribution in [0.25, 0.3) is 5.69 Å². The summed E-state index contributed by atoms with van der Waals surface area (Å²) in [6, 6.07) is 5.65. The Morgan fingerprint density at radius 3 is 2.39 bits per heavy atom. The van der Waals surface area contributed by atoms with Crippen LogP contribution < -0.4 is 5.32 Å². The molecule has 1 heterocycles. The SMILES string of the molecule is Cc1cc(C)n(-c2ccc(CNC(=O)CCCCC(=O)O)c(C(F)(F)F)c2)n1. The number of carboxylic acids is 1. The number of nitrogens with zero attached hydrogens (tertiary/aromatic N) is 2. The van der Waals surface area contributed by atoms with Crippen LogP contribution in [0.2, 0.25) is 0 Å². The molecular weight excluding hydrogens is 375 g/mol. The van der Waals surface area contributed by atoms with Gasteiger partial charge in [0.25, 0.3) is 0 Å². The highest BCUT2D eigenvalue weighted by Crippen LogP contribution is 2.33. The Kier molecular flexibility index (Phi) is 6.82. The largest absolute Gasteiger partial charge is 0.481 e. The van der Waals surface area contributed by atoms with Gasteiger partial charge in [0.15, 0.2) is 0 Å². The Morgan fingerprint density at radius 2 is 1.82 bits per heavy atom. The maximum absolute atomic E-state index is 13.5. The Labute approximate surface area is 160 Å². The Morgan fingerprint density at radius 1 is 1.14 bits per heavy atom. The van der Waals surface area contributed by atoms with Crippen molar-refractivity contribution in [3.8, 4) is 5.69 Å². The van der Waals surface area contributed by atoms with Crippen molar-refractivity contribution in [2.75, 3.05) is 0 Å². The number of unbranched alkanes of at least 4 members (excludes halogenated alkanes) is 1. The van der Waals surface area contributed by atoms with E-state index in [9.17, 15) is 22.8 Å².